The molecule has 0 aliphatic heterocycles. The molecule has 0 bridgehead atoms. The van der Waals surface area contributed by atoms with E-state index in [2.05, 4.69) is 32.7 Å². The van der Waals surface area contributed by atoms with Crippen LogP contribution in [0.2, 0.25) is 0 Å². The van der Waals surface area contributed by atoms with E-state index >= 15 is 0 Å². The molecule has 0 spiro atoms. The van der Waals surface area contributed by atoms with Gasteiger partial charge in [0, 0.05) is 0 Å². The maximum absolute atomic E-state index is 5.89. The fourth-order valence-electron chi connectivity index (χ4n) is 1.77. The molecular weight excluding hydrogens is 244 g/mol. The minimum absolute atomic E-state index is 0.760. The summed E-state index contributed by atoms with van der Waals surface area (Å²) in [5, 5.41) is 0. The quantitative estimate of drug-likeness (QED) is 0.449. The summed E-state index contributed by atoms with van der Waals surface area (Å²) in [4.78, 5) is 0. The van der Waals surface area contributed by atoms with Crippen molar-refractivity contribution in [3.05, 3.63) is 78.6 Å². The SMILES string of the molecule is C=C/C(Oc1ccc(C=C)c(C=C)c1)=C(C)\C=C/CC. The van der Waals surface area contributed by atoms with Gasteiger partial charge in [-0.05, 0) is 48.3 Å². The zero-order valence-corrected chi connectivity index (χ0v) is 12.4. The standard InChI is InChI=1S/C19H22O/c1-6-10-11-15(5)19(9-4)20-18-13-12-16(7-2)17(8-3)14-18/h7-14H,2-4,6H2,1,5H3/b11-10-,19-15+. The van der Waals surface area contributed by atoms with E-state index < -0.39 is 0 Å². The van der Waals surface area contributed by atoms with Gasteiger partial charge in [-0.25, -0.2) is 0 Å². The lowest BCUT2D eigenvalue weighted by Crippen LogP contribution is -1.96. The molecule has 0 aromatic heterocycles. The number of hydrogen-bond donors (Lipinski definition) is 0. The van der Waals surface area contributed by atoms with Crippen LogP contribution in [-0.4, -0.2) is 0 Å². The van der Waals surface area contributed by atoms with E-state index in [0.717, 1.165) is 34.6 Å². The van der Waals surface area contributed by atoms with Crippen LogP contribution in [0, 0.1) is 0 Å². The fourth-order valence-corrected chi connectivity index (χ4v) is 1.77. The molecule has 0 fully saturated rings. The van der Waals surface area contributed by atoms with E-state index in [4.69, 9.17) is 4.74 Å². The first-order valence-corrected chi connectivity index (χ1v) is 6.72. The summed E-state index contributed by atoms with van der Waals surface area (Å²) in [7, 11) is 0. The number of rotatable bonds is 7. The molecule has 1 heteroatoms. The first kappa shape index (κ1) is 15.8. The number of ether oxygens (including phenoxy) is 1. The average Bonchev–Trinajstić information content (AvgIpc) is 2.49. The monoisotopic (exact) mass is 266 g/mol. The van der Waals surface area contributed by atoms with Crippen LogP contribution in [0.5, 0.6) is 5.75 Å². The van der Waals surface area contributed by atoms with Gasteiger partial charge in [0.15, 0.2) is 0 Å². The molecule has 1 aromatic rings. The Morgan fingerprint density at radius 2 is 1.85 bits per heavy atom. The highest BCUT2D eigenvalue weighted by molar-refractivity contribution is 5.65. The Kier molecular flexibility index (Phi) is 6.31. The second kappa shape index (κ2) is 8.00. The van der Waals surface area contributed by atoms with Crippen molar-refractivity contribution in [1.82, 2.24) is 0 Å². The summed E-state index contributed by atoms with van der Waals surface area (Å²) < 4.78 is 5.89. The van der Waals surface area contributed by atoms with Crippen LogP contribution in [-0.2, 0) is 0 Å². The maximum atomic E-state index is 5.89. The van der Waals surface area contributed by atoms with Crippen LogP contribution < -0.4 is 4.74 Å². The second-order valence-corrected chi connectivity index (χ2v) is 4.36. The van der Waals surface area contributed by atoms with Crippen LogP contribution in [0.3, 0.4) is 0 Å². The molecule has 0 aliphatic rings. The van der Waals surface area contributed by atoms with Gasteiger partial charge in [0.05, 0.1) is 0 Å². The summed E-state index contributed by atoms with van der Waals surface area (Å²) in [5.74, 6) is 1.53. The third kappa shape index (κ3) is 4.13. The lowest BCUT2D eigenvalue weighted by atomic mass is 10.1. The molecule has 0 saturated carbocycles. The van der Waals surface area contributed by atoms with Crippen LogP contribution >= 0.6 is 0 Å². The van der Waals surface area contributed by atoms with Gasteiger partial charge in [-0.1, -0.05) is 57.0 Å². The summed E-state index contributed by atoms with van der Waals surface area (Å²) in [6, 6.07) is 5.84. The molecule has 0 aliphatic carbocycles. The zero-order valence-electron chi connectivity index (χ0n) is 12.4. The van der Waals surface area contributed by atoms with E-state index in [0.29, 0.717) is 0 Å². The molecule has 0 N–H and O–H groups in total. The van der Waals surface area contributed by atoms with Crippen molar-refractivity contribution in [2.45, 2.75) is 20.3 Å². The van der Waals surface area contributed by atoms with Gasteiger partial charge < -0.3 is 4.74 Å². The Balaban J connectivity index is 3.07. The first-order valence-electron chi connectivity index (χ1n) is 6.72. The molecule has 104 valence electrons. The van der Waals surface area contributed by atoms with Gasteiger partial charge >= 0.3 is 0 Å². The lowest BCUT2D eigenvalue weighted by molar-refractivity contribution is 0.440. The Morgan fingerprint density at radius 1 is 1.15 bits per heavy atom. The summed E-state index contributed by atoms with van der Waals surface area (Å²) in [5.41, 5.74) is 3.09. The van der Waals surface area contributed by atoms with Crippen LogP contribution in [0.4, 0.5) is 0 Å². The van der Waals surface area contributed by atoms with Crippen molar-refractivity contribution in [1.29, 1.82) is 0 Å². The van der Waals surface area contributed by atoms with E-state index in [1.54, 1.807) is 18.2 Å². The molecule has 1 rings (SSSR count). The largest absolute Gasteiger partial charge is 0.457 e. The highest BCUT2D eigenvalue weighted by Gasteiger charge is 2.03. The zero-order chi connectivity index (χ0) is 15.0. The van der Waals surface area contributed by atoms with Gasteiger partial charge in [0.25, 0.3) is 0 Å². The van der Waals surface area contributed by atoms with Crippen molar-refractivity contribution in [2.24, 2.45) is 0 Å². The van der Waals surface area contributed by atoms with Gasteiger partial charge in [-0.2, -0.15) is 0 Å². The lowest BCUT2D eigenvalue weighted by Gasteiger charge is -2.10. The predicted molar refractivity (Wildman–Crippen MR) is 89.6 cm³/mol. The van der Waals surface area contributed by atoms with Gasteiger partial charge in [-0.3, -0.25) is 0 Å². The molecule has 1 aromatic carbocycles. The van der Waals surface area contributed by atoms with Gasteiger partial charge in [0.1, 0.15) is 11.5 Å². The molecule has 20 heavy (non-hydrogen) atoms. The number of benzene rings is 1. The van der Waals surface area contributed by atoms with Crippen molar-refractivity contribution in [3.8, 4) is 5.75 Å². The van der Waals surface area contributed by atoms with Gasteiger partial charge in [0.2, 0.25) is 0 Å². The summed E-state index contributed by atoms with van der Waals surface area (Å²) in [6.07, 6.45) is 10.5. The van der Waals surface area contributed by atoms with Crippen LogP contribution in [0.1, 0.15) is 31.4 Å². The molecule has 0 heterocycles. The highest BCUT2D eigenvalue weighted by atomic mass is 16.5. The molecule has 0 amide bonds. The Hall–Kier alpha value is -2.28. The van der Waals surface area contributed by atoms with E-state index in [1.807, 2.05) is 31.2 Å². The van der Waals surface area contributed by atoms with E-state index in [-0.39, 0.29) is 0 Å². The number of allylic oxidation sites excluding steroid dienone is 4. The highest BCUT2D eigenvalue weighted by Crippen LogP contribution is 2.23. The fraction of sp³-hybridized carbons (Fsp3) is 0.158. The molecule has 0 atom stereocenters. The Labute approximate surface area is 122 Å². The molecule has 0 unspecified atom stereocenters. The molecule has 1 nitrogen and oxygen atoms in total. The van der Waals surface area contributed by atoms with E-state index in [9.17, 15) is 0 Å². The summed E-state index contributed by atoms with van der Waals surface area (Å²) >= 11 is 0. The van der Waals surface area contributed by atoms with Crippen LogP contribution in [0.25, 0.3) is 12.2 Å². The minimum Gasteiger partial charge on any atom is -0.457 e. The van der Waals surface area contributed by atoms with Crippen LogP contribution in [0.15, 0.2) is 67.5 Å². The normalized spacial score (nSPS) is 11.9. The predicted octanol–water partition coefficient (Wildman–Crippen LogP) is 5.78. The van der Waals surface area contributed by atoms with Crippen molar-refractivity contribution >= 4 is 12.2 Å². The van der Waals surface area contributed by atoms with Gasteiger partial charge in [-0.15, -0.1) is 0 Å². The Bertz CT molecular complexity index is 559. The molecular formula is C19H22O. The van der Waals surface area contributed by atoms with Crippen molar-refractivity contribution < 1.29 is 4.74 Å². The first-order chi connectivity index (χ1) is 9.65. The second-order valence-electron chi connectivity index (χ2n) is 4.36. The molecule has 0 radical (unpaired) electrons. The number of hydrogen-bond acceptors (Lipinski definition) is 1. The minimum atomic E-state index is 0.760. The summed E-state index contributed by atoms with van der Waals surface area (Å²) in [6.45, 7) is 15.5. The Morgan fingerprint density at radius 3 is 2.40 bits per heavy atom. The maximum Gasteiger partial charge on any atom is 0.129 e. The molecule has 0 saturated heterocycles. The third-order valence-corrected chi connectivity index (χ3v) is 2.90. The van der Waals surface area contributed by atoms with Crippen molar-refractivity contribution in [3.63, 3.8) is 0 Å². The smallest absolute Gasteiger partial charge is 0.129 e. The third-order valence-electron chi connectivity index (χ3n) is 2.90. The van der Waals surface area contributed by atoms with Crippen molar-refractivity contribution in [2.75, 3.05) is 0 Å². The topological polar surface area (TPSA) is 9.23 Å². The van der Waals surface area contributed by atoms with E-state index in [1.165, 1.54) is 0 Å². The average molecular weight is 266 g/mol.